The third-order valence-corrected chi connectivity index (χ3v) is 3.16. The third kappa shape index (κ3) is 3.15. The van der Waals surface area contributed by atoms with Crippen molar-refractivity contribution in [3.05, 3.63) is 54.6 Å². The van der Waals surface area contributed by atoms with E-state index in [0.717, 1.165) is 4.57 Å². The standard InChI is InChI=1S/C15H11F3N4O/c16-15(17,18)14-21-11-5-1-2-6-12(11)22(14)9-13(23)20-10-4-3-7-19-8-10/h1-8H,9H2,(H,20,23). The molecule has 0 spiro atoms. The molecular formula is C15H11F3N4O. The summed E-state index contributed by atoms with van der Waals surface area (Å²) < 4.78 is 40.3. The molecule has 0 radical (unpaired) electrons. The molecule has 1 aromatic carbocycles. The molecule has 2 heterocycles. The lowest BCUT2D eigenvalue weighted by molar-refractivity contribution is -0.147. The summed E-state index contributed by atoms with van der Waals surface area (Å²) in [6.07, 6.45) is -1.71. The number of alkyl halides is 3. The van der Waals surface area contributed by atoms with Crippen molar-refractivity contribution in [2.75, 3.05) is 5.32 Å². The fraction of sp³-hybridized carbons (Fsp3) is 0.133. The number of carbonyl (C=O) groups excluding carboxylic acids is 1. The van der Waals surface area contributed by atoms with Crippen molar-refractivity contribution in [1.82, 2.24) is 14.5 Å². The molecule has 2 aromatic heterocycles. The Kier molecular flexibility index (Phi) is 3.73. The Labute approximate surface area is 128 Å². The molecule has 8 heteroatoms. The van der Waals surface area contributed by atoms with E-state index in [2.05, 4.69) is 15.3 Å². The second-order valence-corrected chi connectivity index (χ2v) is 4.80. The highest BCUT2D eigenvalue weighted by Crippen LogP contribution is 2.31. The Morgan fingerprint density at radius 2 is 1.96 bits per heavy atom. The number of carbonyl (C=O) groups is 1. The van der Waals surface area contributed by atoms with E-state index in [1.807, 2.05) is 0 Å². The molecule has 0 saturated heterocycles. The molecule has 0 unspecified atom stereocenters. The third-order valence-electron chi connectivity index (χ3n) is 3.16. The van der Waals surface area contributed by atoms with E-state index in [-0.39, 0.29) is 11.0 Å². The smallest absolute Gasteiger partial charge is 0.323 e. The number of benzene rings is 1. The Bertz CT molecular complexity index is 843. The predicted octanol–water partition coefficient (Wildman–Crippen LogP) is 3.09. The van der Waals surface area contributed by atoms with Crippen LogP contribution in [0.25, 0.3) is 11.0 Å². The number of halogens is 3. The van der Waals surface area contributed by atoms with Gasteiger partial charge in [-0.15, -0.1) is 0 Å². The lowest BCUT2D eigenvalue weighted by atomic mass is 10.3. The number of pyridine rings is 1. The van der Waals surface area contributed by atoms with E-state index in [9.17, 15) is 18.0 Å². The Morgan fingerprint density at radius 1 is 1.17 bits per heavy atom. The van der Waals surface area contributed by atoms with Crippen molar-refractivity contribution >= 4 is 22.6 Å². The molecule has 5 nitrogen and oxygen atoms in total. The molecule has 0 bridgehead atoms. The van der Waals surface area contributed by atoms with Crippen LogP contribution < -0.4 is 5.32 Å². The highest BCUT2D eigenvalue weighted by atomic mass is 19.4. The van der Waals surface area contributed by atoms with E-state index in [1.165, 1.54) is 24.5 Å². The van der Waals surface area contributed by atoms with Gasteiger partial charge >= 0.3 is 6.18 Å². The van der Waals surface area contributed by atoms with Gasteiger partial charge in [-0.25, -0.2) is 4.98 Å². The van der Waals surface area contributed by atoms with E-state index >= 15 is 0 Å². The number of amides is 1. The van der Waals surface area contributed by atoms with Gasteiger partial charge < -0.3 is 9.88 Å². The zero-order chi connectivity index (χ0) is 16.4. The van der Waals surface area contributed by atoms with Crippen LogP contribution in [-0.4, -0.2) is 20.4 Å². The van der Waals surface area contributed by atoms with Gasteiger partial charge in [0.1, 0.15) is 6.54 Å². The second kappa shape index (κ2) is 5.71. The van der Waals surface area contributed by atoms with Crippen LogP contribution in [0.15, 0.2) is 48.8 Å². The number of hydrogen-bond acceptors (Lipinski definition) is 3. The summed E-state index contributed by atoms with van der Waals surface area (Å²) in [4.78, 5) is 19.5. The van der Waals surface area contributed by atoms with Crippen LogP contribution in [0.5, 0.6) is 0 Å². The van der Waals surface area contributed by atoms with E-state index in [1.54, 1.807) is 24.3 Å². The van der Waals surface area contributed by atoms with Crippen molar-refractivity contribution in [3.63, 3.8) is 0 Å². The van der Waals surface area contributed by atoms with Crippen LogP contribution in [-0.2, 0) is 17.5 Å². The predicted molar refractivity (Wildman–Crippen MR) is 77.6 cm³/mol. The maximum Gasteiger partial charge on any atom is 0.449 e. The molecule has 1 amide bonds. The minimum atomic E-state index is -4.65. The van der Waals surface area contributed by atoms with E-state index in [4.69, 9.17) is 0 Å². The maximum absolute atomic E-state index is 13.1. The molecule has 23 heavy (non-hydrogen) atoms. The van der Waals surface area contributed by atoms with Gasteiger partial charge in [0.05, 0.1) is 22.9 Å². The number of aromatic nitrogens is 3. The van der Waals surface area contributed by atoms with Crippen molar-refractivity contribution in [2.45, 2.75) is 12.7 Å². The molecule has 0 atom stereocenters. The number of anilines is 1. The molecular weight excluding hydrogens is 309 g/mol. The normalized spacial score (nSPS) is 11.6. The average molecular weight is 320 g/mol. The first-order valence-corrected chi connectivity index (χ1v) is 6.67. The van der Waals surface area contributed by atoms with Crippen LogP contribution in [0.1, 0.15) is 5.82 Å². The van der Waals surface area contributed by atoms with Crippen molar-refractivity contribution in [3.8, 4) is 0 Å². The molecule has 3 rings (SSSR count). The van der Waals surface area contributed by atoms with Gasteiger partial charge in [0, 0.05) is 6.20 Å². The minimum absolute atomic E-state index is 0.189. The zero-order valence-corrected chi connectivity index (χ0v) is 11.7. The molecule has 1 N–H and O–H groups in total. The van der Waals surface area contributed by atoms with Crippen molar-refractivity contribution in [2.24, 2.45) is 0 Å². The summed E-state index contributed by atoms with van der Waals surface area (Å²) in [5.74, 6) is -1.69. The number of nitrogens with one attached hydrogen (secondary N) is 1. The van der Waals surface area contributed by atoms with Crippen LogP contribution in [0.4, 0.5) is 18.9 Å². The monoisotopic (exact) mass is 320 g/mol. The Morgan fingerprint density at radius 3 is 2.65 bits per heavy atom. The Hall–Kier alpha value is -2.90. The van der Waals surface area contributed by atoms with Gasteiger partial charge in [-0.05, 0) is 24.3 Å². The molecule has 118 valence electrons. The lowest BCUT2D eigenvalue weighted by Gasteiger charge is -2.11. The first kappa shape index (κ1) is 15.0. The van der Waals surface area contributed by atoms with Crippen LogP contribution >= 0.6 is 0 Å². The zero-order valence-electron chi connectivity index (χ0n) is 11.7. The van der Waals surface area contributed by atoms with E-state index in [0.29, 0.717) is 5.69 Å². The van der Waals surface area contributed by atoms with Crippen molar-refractivity contribution in [1.29, 1.82) is 0 Å². The number of rotatable bonds is 3. The van der Waals surface area contributed by atoms with E-state index < -0.39 is 24.5 Å². The van der Waals surface area contributed by atoms with Gasteiger partial charge in [-0.3, -0.25) is 9.78 Å². The molecule has 0 aliphatic carbocycles. The second-order valence-electron chi connectivity index (χ2n) is 4.80. The van der Waals surface area contributed by atoms with Crippen molar-refractivity contribution < 1.29 is 18.0 Å². The van der Waals surface area contributed by atoms with Crippen LogP contribution in [0.3, 0.4) is 0 Å². The maximum atomic E-state index is 13.1. The first-order valence-electron chi connectivity index (χ1n) is 6.67. The van der Waals surface area contributed by atoms with Crippen LogP contribution in [0, 0.1) is 0 Å². The number of fused-ring (bicyclic) bond motifs is 1. The quantitative estimate of drug-likeness (QED) is 0.807. The highest BCUT2D eigenvalue weighted by molar-refractivity contribution is 5.91. The summed E-state index contributed by atoms with van der Waals surface area (Å²) in [7, 11) is 0. The summed E-state index contributed by atoms with van der Waals surface area (Å²) in [6.45, 7) is -0.496. The van der Waals surface area contributed by atoms with Gasteiger partial charge in [-0.1, -0.05) is 12.1 Å². The minimum Gasteiger partial charge on any atom is -0.323 e. The largest absolute Gasteiger partial charge is 0.449 e. The first-order chi connectivity index (χ1) is 10.9. The van der Waals surface area contributed by atoms with Gasteiger partial charge in [0.2, 0.25) is 11.7 Å². The SMILES string of the molecule is O=C(Cn1c(C(F)(F)F)nc2ccccc21)Nc1cccnc1. The van der Waals surface area contributed by atoms with Gasteiger partial charge in [0.15, 0.2) is 0 Å². The number of hydrogen-bond donors (Lipinski definition) is 1. The average Bonchev–Trinajstić information content (AvgIpc) is 2.87. The van der Waals surface area contributed by atoms with Gasteiger partial charge in [0.25, 0.3) is 0 Å². The van der Waals surface area contributed by atoms with Gasteiger partial charge in [-0.2, -0.15) is 13.2 Å². The topological polar surface area (TPSA) is 59.8 Å². The molecule has 0 aliphatic rings. The molecule has 0 fully saturated rings. The fourth-order valence-electron chi connectivity index (χ4n) is 2.23. The summed E-state index contributed by atoms with van der Waals surface area (Å²) in [6, 6.07) is 9.37. The summed E-state index contributed by atoms with van der Waals surface area (Å²) in [5.41, 5.74) is 0.852. The summed E-state index contributed by atoms with van der Waals surface area (Å²) >= 11 is 0. The lowest BCUT2D eigenvalue weighted by Crippen LogP contribution is -2.23. The molecule has 0 saturated carbocycles. The molecule has 0 aliphatic heterocycles. The summed E-state index contributed by atoms with van der Waals surface area (Å²) in [5, 5.41) is 2.51. The number of imidazole rings is 1. The fourth-order valence-corrected chi connectivity index (χ4v) is 2.23. The number of nitrogens with zero attached hydrogens (tertiary/aromatic N) is 3. The Balaban J connectivity index is 1.94. The number of para-hydroxylation sites is 2. The molecule has 3 aromatic rings. The highest BCUT2D eigenvalue weighted by Gasteiger charge is 2.37. The van der Waals surface area contributed by atoms with Crippen LogP contribution in [0.2, 0.25) is 0 Å².